The Bertz CT molecular complexity index is 887. The summed E-state index contributed by atoms with van der Waals surface area (Å²) in [5, 5.41) is 11.1. The Morgan fingerprint density at radius 1 is 1.21 bits per heavy atom. The zero-order valence-corrected chi connectivity index (χ0v) is 16.3. The van der Waals surface area contributed by atoms with Crippen LogP contribution in [-0.2, 0) is 4.74 Å². The molecule has 2 aliphatic carbocycles. The van der Waals surface area contributed by atoms with Gasteiger partial charge in [0.05, 0.1) is 37.5 Å². The average molecular weight is 400 g/mol. The number of hydrogen-bond donors (Lipinski definition) is 1. The van der Waals surface area contributed by atoms with E-state index < -0.39 is 0 Å². The topological polar surface area (TPSA) is 72.7 Å². The molecule has 7 nitrogen and oxygen atoms in total. The fraction of sp³-hybridized carbons (Fsp3) is 0.619. The van der Waals surface area contributed by atoms with Crippen LogP contribution in [0.5, 0.6) is 5.75 Å². The Balaban J connectivity index is 1.09. The van der Waals surface area contributed by atoms with Gasteiger partial charge in [-0.15, -0.1) is 5.10 Å². The predicted octanol–water partition coefficient (Wildman–Crippen LogP) is 3.38. The molecule has 2 saturated heterocycles. The van der Waals surface area contributed by atoms with Crippen LogP contribution in [0, 0.1) is 11.2 Å². The van der Waals surface area contributed by atoms with E-state index in [0.29, 0.717) is 18.0 Å². The van der Waals surface area contributed by atoms with Gasteiger partial charge >= 0.3 is 6.01 Å². The number of halogens is 1. The molecule has 1 N–H and O–H groups in total. The third kappa shape index (κ3) is 3.04. The molecule has 1 aromatic carbocycles. The van der Waals surface area contributed by atoms with Crippen molar-refractivity contribution in [2.24, 2.45) is 5.41 Å². The molecule has 2 aromatic rings. The molecule has 0 unspecified atom stereocenters. The summed E-state index contributed by atoms with van der Waals surface area (Å²) in [5.41, 5.74) is 1.07. The largest absolute Gasteiger partial charge is 0.488 e. The quantitative estimate of drug-likeness (QED) is 0.825. The molecular formula is C21H25FN4O3. The Morgan fingerprint density at radius 2 is 2.07 bits per heavy atom. The van der Waals surface area contributed by atoms with E-state index in [1.54, 1.807) is 6.07 Å². The van der Waals surface area contributed by atoms with Crippen LogP contribution in [0.25, 0.3) is 0 Å². The van der Waals surface area contributed by atoms with E-state index in [4.69, 9.17) is 13.9 Å². The van der Waals surface area contributed by atoms with Crippen molar-refractivity contribution in [3.05, 3.63) is 30.4 Å². The molecule has 0 amide bonds. The van der Waals surface area contributed by atoms with Gasteiger partial charge in [0.1, 0.15) is 17.2 Å². The van der Waals surface area contributed by atoms with Gasteiger partial charge in [0.2, 0.25) is 6.39 Å². The van der Waals surface area contributed by atoms with E-state index in [1.807, 2.05) is 4.90 Å². The fourth-order valence-corrected chi connectivity index (χ4v) is 5.44. The summed E-state index contributed by atoms with van der Waals surface area (Å²) < 4.78 is 31.5. The van der Waals surface area contributed by atoms with Crippen LogP contribution < -0.4 is 15.0 Å². The van der Waals surface area contributed by atoms with Gasteiger partial charge in [0.15, 0.2) is 0 Å². The smallest absolute Gasteiger partial charge is 0.318 e. The molecule has 1 aromatic heterocycles. The van der Waals surface area contributed by atoms with Crippen molar-refractivity contribution >= 4 is 11.7 Å². The summed E-state index contributed by atoms with van der Waals surface area (Å²) in [5.74, 6) is 0.483. The third-order valence-corrected chi connectivity index (χ3v) is 7.12. The highest BCUT2D eigenvalue weighted by Crippen LogP contribution is 2.57. The number of rotatable bonds is 5. The molecule has 1 atom stereocenters. The van der Waals surface area contributed by atoms with Gasteiger partial charge in [0, 0.05) is 12.5 Å². The monoisotopic (exact) mass is 400 g/mol. The van der Waals surface area contributed by atoms with E-state index in [2.05, 4.69) is 15.5 Å². The zero-order chi connectivity index (χ0) is 19.5. The van der Waals surface area contributed by atoms with Crippen molar-refractivity contribution < 1.29 is 18.3 Å². The van der Waals surface area contributed by atoms with Crippen molar-refractivity contribution in [1.29, 1.82) is 0 Å². The van der Waals surface area contributed by atoms with E-state index in [1.165, 1.54) is 37.8 Å². The summed E-state index contributed by atoms with van der Waals surface area (Å²) in [7, 11) is 0. The molecule has 0 radical (unpaired) electrons. The van der Waals surface area contributed by atoms with E-state index >= 15 is 0 Å². The standard InChI is InChI=1S/C21H25FN4O3/c22-14-2-3-18(29-16-8-20(9-16)4-1-5-20)17(6-14)24-15-7-21(28-10-15)11-26(12-21)19-25-23-13-27-19/h2-3,6,13,15-16,24H,1,4-5,7-12H2/t15-/m0/s1. The number of nitrogens with one attached hydrogen (secondary N) is 1. The van der Waals surface area contributed by atoms with Crippen LogP contribution in [0.3, 0.4) is 0 Å². The van der Waals surface area contributed by atoms with E-state index in [-0.39, 0.29) is 23.6 Å². The first-order chi connectivity index (χ1) is 14.1. The lowest BCUT2D eigenvalue weighted by molar-refractivity contribution is -0.0679. The van der Waals surface area contributed by atoms with Crippen molar-refractivity contribution in [3.8, 4) is 5.75 Å². The molecule has 154 valence electrons. The maximum atomic E-state index is 13.9. The number of anilines is 2. The molecule has 2 saturated carbocycles. The minimum atomic E-state index is -0.260. The summed E-state index contributed by atoms with van der Waals surface area (Å²) in [6.45, 7) is 2.04. The lowest BCUT2D eigenvalue weighted by Gasteiger charge is -2.53. The summed E-state index contributed by atoms with van der Waals surface area (Å²) in [6, 6.07) is 5.39. The fourth-order valence-electron chi connectivity index (χ4n) is 5.44. The van der Waals surface area contributed by atoms with Crippen molar-refractivity contribution in [2.45, 2.75) is 56.3 Å². The number of ether oxygens (including phenoxy) is 2. The van der Waals surface area contributed by atoms with Gasteiger partial charge in [-0.05, 0) is 43.2 Å². The second-order valence-electron chi connectivity index (χ2n) is 9.26. The maximum Gasteiger partial charge on any atom is 0.318 e. The molecule has 6 rings (SSSR count). The summed E-state index contributed by atoms with van der Waals surface area (Å²) in [6.07, 6.45) is 8.72. The Labute approximate surface area is 168 Å². The van der Waals surface area contributed by atoms with Gasteiger partial charge in [-0.25, -0.2) is 4.39 Å². The van der Waals surface area contributed by atoms with Crippen LogP contribution in [0.15, 0.2) is 29.0 Å². The molecule has 4 fully saturated rings. The molecule has 3 heterocycles. The van der Waals surface area contributed by atoms with Gasteiger partial charge in [-0.1, -0.05) is 11.5 Å². The summed E-state index contributed by atoms with van der Waals surface area (Å²) >= 11 is 0. The highest BCUT2D eigenvalue weighted by atomic mass is 19.1. The zero-order valence-electron chi connectivity index (χ0n) is 16.3. The highest BCUT2D eigenvalue weighted by Gasteiger charge is 2.52. The molecule has 8 heteroatoms. The van der Waals surface area contributed by atoms with Crippen molar-refractivity contribution in [3.63, 3.8) is 0 Å². The summed E-state index contributed by atoms with van der Waals surface area (Å²) in [4.78, 5) is 2.01. The highest BCUT2D eigenvalue weighted by molar-refractivity contribution is 5.57. The Kier molecular flexibility index (Phi) is 3.82. The first kappa shape index (κ1) is 17.5. The Morgan fingerprint density at radius 3 is 2.79 bits per heavy atom. The molecule has 4 aliphatic rings. The van der Waals surface area contributed by atoms with Crippen molar-refractivity contribution in [1.82, 2.24) is 10.2 Å². The van der Waals surface area contributed by atoms with E-state index in [0.717, 1.165) is 43.8 Å². The van der Waals surface area contributed by atoms with Crippen LogP contribution in [0.2, 0.25) is 0 Å². The molecule has 0 bridgehead atoms. The number of nitrogens with zero attached hydrogens (tertiary/aromatic N) is 3. The third-order valence-electron chi connectivity index (χ3n) is 7.12. The second-order valence-corrected chi connectivity index (χ2v) is 9.26. The number of aromatic nitrogens is 2. The molecular weight excluding hydrogens is 375 g/mol. The lowest BCUT2D eigenvalue weighted by atomic mass is 9.55. The minimum absolute atomic E-state index is 0.114. The van der Waals surface area contributed by atoms with Gasteiger partial charge in [-0.3, -0.25) is 0 Å². The molecule has 29 heavy (non-hydrogen) atoms. The van der Waals surface area contributed by atoms with Crippen LogP contribution in [0.4, 0.5) is 16.1 Å². The predicted molar refractivity (Wildman–Crippen MR) is 104 cm³/mol. The maximum absolute atomic E-state index is 13.9. The van der Waals surface area contributed by atoms with Crippen LogP contribution in [0.1, 0.15) is 38.5 Å². The second kappa shape index (κ2) is 6.32. The van der Waals surface area contributed by atoms with E-state index in [9.17, 15) is 4.39 Å². The van der Waals surface area contributed by atoms with Crippen molar-refractivity contribution in [2.75, 3.05) is 29.9 Å². The Hall–Kier alpha value is -2.35. The van der Waals surface area contributed by atoms with Gasteiger partial charge in [0.25, 0.3) is 0 Å². The first-order valence-corrected chi connectivity index (χ1v) is 10.5. The number of hydrogen-bond acceptors (Lipinski definition) is 7. The average Bonchev–Trinajstić information content (AvgIpc) is 3.26. The lowest BCUT2D eigenvalue weighted by Crippen LogP contribution is -2.62. The van der Waals surface area contributed by atoms with Crippen LogP contribution >= 0.6 is 0 Å². The normalized spacial score (nSPS) is 26.8. The molecule has 2 spiro atoms. The van der Waals surface area contributed by atoms with Crippen LogP contribution in [-0.4, -0.2) is 47.6 Å². The van der Waals surface area contributed by atoms with Gasteiger partial charge < -0.3 is 24.1 Å². The minimum Gasteiger partial charge on any atom is -0.488 e. The van der Waals surface area contributed by atoms with Gasteiger partial charge in [-0.2, -0.15) is 0 Å². The molecule has 2 aliphatic heterocycles. The SMILES string of the molecule is Fc1ccc(OC2CC3(CCC3)C2)c(N[C@@H]2COC3(C2)CN(c2nnco2)C3)c1. The first-order valence-electron chi connectivity index (χ1n) is 10.5. The number of benzene rings is 1.